The summed E-state index contributed by atoms with van der Waals surface area (Å²) in [5.74, 6) is -2.75. The second-order valence-electron chi connectivity index (χ2n) is 20.3. The first-order valence-corrected chi connectivity index (χ1v) is 24.0. The van der Waals surface area contributed by atoms with Crippen LogP contribution in [0.3, 0.4) is 0 Å². The van der Waals surface area contributed by atoms with Gasteiger partial charge in [0.2, 0.25) is 17.7 Å². The number of phenols is 1. The molecule has 4 atom stereocenters. The number of carbonyl (C=O) groups is 5. The molecule has 14 heteroatoms. The van der Waals surface area contributed by atoms with Gasteiger partial charge in [0.05, 0.1) is 18.2 Å². The molecular weight excluding hydrogens is 847 g/mol. The van der Waals surface area contributed by atoms with Crippen LogP contribution in [0, 0.1) is 17.3 Å². The van der Waals surface area contributed by atoms with E-state index in [1.54, 1.807) is 24.1 Å². The molecule has 5 heterocycles. The summed E-state index contributed by atoms with van der Waals surface area (Å²) in [6.07, 6.45) is 4.28. The quantitative estimate of drug-likeness (QED) is 0.146. The molecule has 3 N–H and O–H groups in total. The van der Waals surface area contributed by atoms with Crippen LogP contribution in [0.4, 0.5) is 0 Å². The molecule has 0 radical (unpaired) electrons. The van der Waals surface area contributed by atoms with Crippen molar-refractivity contribution >= 4 is 40.5 Å². The molecule has 4 amide bonds. The van der Waals surface area contributed by atoms with Crippen molar-refractivity contribution in [3.8, 4) is 28.1 Å². The van der Waals surface area contributed by atoms with Crippen molar-refractivity contribution in [1.82, 2.24) is 35.0 Å². The maximum Gasteiger partial charge on any atom is 0.324 e. The highest BCUT2D eigenvalue weighted by molar-refractivity contribution is 5.96. The highest BCUT2D eigenvalue weighted by Gasteiger charge is 2.40. The number of likely N-dealkylation sites (N-methyl/N-ethyl adjacent to an activating group) is 2. The van der Waals surface area contributed by atoms with Crippen molar-refractivity contribution in [3.05, 3.63) is 89.5 Å². The zero-order chi connectivity index (χ0) is 47.9. The summed E-state index contributed by atoms with van der Waals surface area (Å²) in [7, 11) is 3.75. The molecule has 356 valence electrons. The van der Waals surface area contributed by atoms with Gasteiger partial charge < -0.3 is 34.4 Å². The number of amides is 4. The number of esters is 1. The number of aromatic hydroxyl groups is 1. The van der Waals surface area contributed by atoms with E-state index in [1.807, 2.05) is 19.9 Å². The molecule has 14 nitrogen and oxygen atoms in total. The van der Waals surface area contributed by atoms with Gasteiger partial charge in [-0.25, -0.2) is 5.43 Å². The Labute approximate surface area is 394 Å². The van der Waals surface area contributed by atoms with E-state index in [-0.39, 0.29) is 43.1 Å². The lowest BCUT2D eigenvalue weighted by atomic mass is 9.84. The molecule has 2 saturated heterocycles. The van der Waals surface area contributed by atoms with E-state index in [0.29, 0.717) is 44.3 Å². The van der Waals surface area contributed by atoms with E-state index in [0.717, 1.165) is 64.9 Å². The van der Waals surface area contributed by atoms with Crippen LogP contribution in [-0.2, 0) is 61.1 Å². The molecule has 3 aromatic carbocycles. The van der Waals surface area contributed by atoms with Gasteiger partial charge in [-0.05, 0) is 127 Å². The molecule has 0 spiro atoms. The van der Waals surface area contributed by atoms with E-state index < -0.39 is 47.2 Å². The van der Waals surface area contributed by atoms with Crippen LogP contribution in [0.5, 0.6) is 5.75 Å². The van der Waals surface area contributed by atoms with Crippen LogP contribution in [0.25, 0.3) is 33.3 Å². The Morgan fingerprint density at radius 2 is 1.78 bits per heavy atom. The van der Waals surface area contributed by atoms with Gasteiger partial charge in [0.1, 0.15) is 23.9 Å². The van der Waals surface area contributed by atoms with Crippen molar-refractivity contribution in [2.45, 2.75) is 104 Å². The van der Waals surface area contributed by atoms with E-state index >= 15 is 0 Å². The number of likely N-dealkylation sites (tertiary alicyclic amines) is 1. The number of aryl methyl sites for hydroxylation is 1. The zero-order valence-corrected chi connectivity index (χ0v) is 40.2. The average molecular weight is 914 g/mol. The first-order valence-electron chi connectivity index (χ1n) is 24.0. The summed E-state index contributed by atoms with van der Waals surface area (Å²) >= 11 is 0. The number of nitrogens with zero attached hydrogens (tertiary/aromatic N) is 5. The summed E-state index contributed by atoms with van der Waals surface area (Å²) in [6, 6.07) is 15.6. The molecule has 67 heavy (non-hydrogen) atoms. The lowest BCUT2D eigenvalue weighted by molar-refractivity contribution is -0.155. The van der Waals surface area contributed by atoms with Crippen molar-refractivity contribution in [2.24, 2.45) is 17.3 Å². The van der Waals surface area contributed by atoms with Crippen molar-refractivity contribution in [3.63, 3.8) is 0 Å². The first-order chi connectivity index (χ1) is 31.9. The fourth-order valence-electron chi connectivity index (χ4n) is 10.8. The van der Waals surface area contributed by atoms with Gasteiger partial charge in [-0.15, -0.1) is 0 Å². The van der Waals surface area contributed by atoms with E-state index in [4.69, 9.17) is 4.74 Å². The molecule has 6 bridgehead atoms. The number of rotatable bonds is 8. The van der Waals surface area contributed by atoms with Crippen LogP contribution in [0.2, 0.25) is 0 Å². The predicted octanol–water partition coefficient (Wildman–Crippen LogP) is 5.85. The summed E-state index contributed by atoms with van der Waals surface area (Å²) in [5.41, 5.74) is 12.1. The zero-order valence-electron chi connectivity index (χ0n) is 40.2. The minimum atomic E-state index is -1.15. The molecular formula is C53H67N7O7. The Morgan fingerprint density at radius 3 is 2.52 bits per heavy atom. The molecule has 8 rings (SSSR count). The fourth-order valence-corrected chi connectivity index (χ4v) is 10.8. The highest BCUT2D eigenvalue weighted by Crippen LogP contribution is 2.41. The lowest BCUT2D eigenvalue weighted by Gasteiger charge is -2.37. The monoisotopic (exact) mass is 914 g/mol. The minimum Gasteiger partial charge on any atom is -0.508 e. The Kier molecular flexibility index (Phi) is 13.7. The standard InChI is InChI=1S/C53H67N7O7/c1-9-46(62)58-21-18-38(30-58)50(64)57(8)47(32(3)4)49(63)54-44-24-33-22-39(26-40(61)23-33)34-15-16-45-41(27-34)42(28-53(5,6)31-67-52(66)43-12-11-19-60(55-43)51(44)65)48(59(45)10-2)36-13-14-37-29-56(7)20-17-35(37)25-36/h9,13-16,22-23,25-27,32,38,43-44,47,55,61H,1,10-12,17-21,24,28-31H2,2-8H3,(H,54,63)/t38-,43-,44-,47-/m0/s1. The van der Waals surface area contributed by atoms with E-state index in [9.17, 15) is 29.1 Å². The largest absolute Gasteiger partial charge is 0.508 e. The van der Waals surface area contributed by atoms with Crippen molar-refractivity contribution in [2.75, 3.05) is 46.9 Å². The van der Waals surface area contributed by atoms with Gasteiger partial charge in [-0.1, -0.05) is 58.5 Å². The third kappa shape index (κ3) is 9.87. The van der Waals surface area contributed by atoms with Gasteiger partial charge in [0.25, 0.3) is 5.91 Å². The number of hydrogen-bond donors (Lipinski definition) is 3. The third-order valence-corrected chi connectivity index (χ3v) is 14.2. The topological polar surface area (TPSA) is 157 Å². The molecule has 4 aliphatic rings. The minimum absolute atomic E-state index is 0.00908. The van der Waals surface area contributed by atoms with E-state index in [1.165, 1.54) is 27.1 Å². The predicted molar refractivity (Wildman–Crippen MR) is 258 cm³/mol. The fraction of sp³-hybridized carbons (Fsp3) is 0.491. The number of cyclic esters (lactones) is 1. The normalized spacial score (nSPS) is 21.6. The summed E-state index contributed by atoms with van der Waals surface area (Å²) in [6.45, 7) is 17.4. The smallest absolute Gasteiger partial charge is 0.324 e. The summed E-state index contributed by atoms with van der Waals surface area (Å²) in [5, 5.41) is 16.8. The average Bonchev–Trinajstić information content (AvgIpc) is 3.92. The Hall–Kier alpha value is -5.99. The first kappa shape index (κ1) is 47.5. The van der Waals surface area contributed by atoms with Gasteiger partial charge in [0, 0.05) is 69.1 Å². The Morgan fingerprint density at radius 1 is 1.00 bits per heavy atom. The molecule has 2 fully saturated rings. The summed E-state index contributed by atoms with van der Waals surface area (Å²) < 4.78 is 8.52. The highest BCUT2D eigenvalue weighted by atomic mass is 16.5. The van der Waals surface area contributed by atoms with Gasteiger partial charge in [-0.3, -0.25) is 29.0 Å². The SMILES string of the molecule is C=CC(=O)N1CC[C@H](C(=O)N(C)[C@H](C(=O)N[C@H]2Cc3cc(O)cc(c3)-c3ccc4c(c3)c(c(-c3ccc5c(c3)CCN(C)C5)n4CC)CC(C)(C)COC(=O)[C@@H]3CCCN(N3)C2=O)C(C)C)C1. The number of phenolic OH excluding ortho intramolecular Hbond substituents is 1. The second-order valence-corrected chi connectivity index (χ2v) is 20.3. The molecule has 0 aliphatic carbocycles. The molecule has 4 aliphatic heterocycles. The van der Waals surface area contributed by atoms with Crippen molar-refractivity contribution < 1.29 is 33.8 Å². The molecule has 0 saturated carbocycles. The van der Waals surface area contributed by atoms with Crippen LogP contribution in [-0.4, -0.2) is 124 Å². The number of fused-ring (bicyclic) bond motifs is 7. The van der Waals surface area contributed by atoms with Crippen LogP contribution in [0.1, 0.15) is 76.1 Å². The molecule has 0 unspecified atom stereocenters. The maximum absolute atomic E-state index is 14.7. The van der Waals surface area contributed by atoms with Crippen LogP contribution in [0.15, 0.2) is 67.3 Å². The Bertz CT molecular complexity index is 2600. The van der Waals surface area contributed by atoms with Crippen molar-refractivity contribution in [1.29, 1.82) is 0 Å². The van der Waals surface area contributed by atoms with Gasteiger partial charge in [-0.2, -0.15) is 0 Å². The number of carbonyl (C=O) groups excluding carboxylic acids is 5. The third-order valence-electron chi connectivity index (χ3n) is 14.2. The number of aromatic nitrogens is 1. The number of nitrogens with one attached hydrogen (secondary N) is 2. The van der Waals surface area contributed by atoms with E-state index in [2.05, 4.69) is 91.0 Å². The maximum atomic E-state index is 14.7. The Balaban J connectivity index is 1.19. The number of hydrazine groups is 1. The number of ether oxygens (including phenoxy) is 1. The summed E-state index contributed by atoms with van der Waals surface area (Å²) in [4.78, 5) is 74.8. The number of hydrogen-bond acceptors (Lipinski definition) is 9. The second kappa shape index (κ2) is 19.3. The van der Waals surface area contributed by atoms with Gasteiger partial charge >= 0.3 is 5.97 Å². The number of benzene rings is 3. The lowest BCUT2D eigenvalue weighted by Crippen LogP contribution is -2.62. The molecule has 4 aromatic rings. The molecule has 1 aromatic heterocycles. The van der Waals surface area contributed by atoms with Gasteiger partial charge in [0.15, 0.2) is 0 Å². The van der Waals surface area contributed by atoms with Crippen LogP contribution < -0.4 is 10.7 Å². The van der Waals surface area contributed by atoms with Crippen LogP contribution >= 0.6 is 0 Å².